The fourth-order valence-corrected chi connectivity index (χ4v) is 4.68. The van der Waals surface area contributed by atoms with Crippen molar-refractivity contribution in [3.63, 3.8) is 0 Å². The van der Waals surface area contributed by atoms with Crippen LogP contribution in [0.25, 0.3) is 0 Å². The van der Waals surface area contributed by atoms with Gasteiger partial charge in [0.05, 0.1) is 26.2 Å². The molecule has 18 nitrogen and oxygen atoms in total. The number of ether oxygens (including phenoxy) is 1. The van der Waals surface area contributed by atoms with Crippen LogP contribution in [0.1, 0.15) is 7.43 Å². The molecule has 0 aromatic heterocycles. The van der Waals surface area contributed by atoms with E-state index in [1.807, 2.05) is 0 Å². The lowest BCUT2D eigenvalue weighted by molar-refractivity contribution is -0.280. The Morgan fingerprint density at radius 2 is 1.00 bits per heavy atom. The minimum atomic E-state index is -1.64. The molecule has 0 aromatic carbocycles. The van der Waals surface area contributed by atoms with Crippen LogP contribution in [-0.4, -0.2) is 208 Å². The Bertz CT molecular complexity index is 854. The van der Waals surface area contributed by atoms with Gasteiger partial charge in [-0.05, 0) is 0 Å². The highest BCUT2D eigenvalue weighted by molar-refractivity contribution is 5.78. The van der Waals surface area contributed by atoms with Gasteiger partial charge in [0.2, 0.25) is 5.91 Å². The van der Waals surface area contributed by atoms with E-state index in [0.29, 0.717) is 13.1 Å². The minimum Gasteiger partial charge on any atom is -0.480 e. The molecule has 2 unspecified atom stereocenters. The Labute approximate surface area is 250 Å². The number of carbonyl (C=O) groups excluding carboxylic acids is 1. The SMILES string of the molecule is C.O=C(O)CN1CCN(CC(=O)O)CCN(CC(=O)NCCNCC2O[C@@H](O)C(O)[C@@H](O)[C@@H]2O)CCN(CC(=O)O)CC1. The molecule has 43 heavy (non-hydrogen) atoms. The topological polar surface area (TPSA) is 256 Å². The van der Waals surface area contributed by atoms with Gasteiger partial charge in [-0.2, -0.15) is 0 Å². The van der Waals surface area contributed by atoms with Crippen molar-refractivity contribution in [1.29, 1.82) is 0 Å². The first-order valence-corrected chi connectivity index (χ1v) is 13.8. The Balaban J connectivity index is 0.00000924. The van der Waals surface area contributed by atoms with Crippen LogP contribution in [0.15, 0.2) is 0 Å². The molecule has 250 valence electrons. The molecular formula is C25H48N6O12. The number of aliphatic carboxylic acids is 3. The van der Waals surface area contributed by atoms with Gasteiger partial charge in [0, 0.05) is 72.0 Å². The smallest absolute Gasteiger partial charge is 0.317 e. The molecule has 18 heteroatoms. The summed E-state index contributed by atoms with van der Waals surface area (Å²) in [6.07, 6.45) is -7.23. The summed E-state index contributed by atoms with van der Waals surface area (Å²) in [5, 5.41) is 72.4. The largest absolute Gasteiger partial charge is 0.480 e. The van der Waals surface area contributed by atoms with Gasteiger partial charge in [-0.1, -0.05) is 7.43 Å². The summed E-state index contributed by atoms with van der Waals surface area (Å²) in [5.41, 5.74) is 0. The first kappa shape index (κ1) is 38.5. The van der Waals surface area contributed by atoms with Gasteiger partial charge in [-0.25, -0.2) is 0 Å². The molecular weight excluding hydrogens is 576 g/mol. The van der Waals surface area contributed by atoms with E-state index in [-0.39, 0.29) is 98.4 Å². The first-order chi connectivity index (χ1) is 19.8. The number of nitrogens with one attached hydrogen (secondary N) is 2. The summed E-state index contributed by atoms with van der Waals surface area (Å²) >= 11 is 0. The molecule has 0 aliphatic carbocycles. The van der Waals surface area contributed by atoms with Crippen LogP contribution in [0.2, 0.25) is 0 Å². The molecule has 0 radical (unpaired) electrons. The fraction of sp³-hybridized carbons (Fsp3) is 0.840. The van der Waals surface area contributed by atoms with E-state index in [9.17, 15) is 54.9 Å². The summed E-state index contributed by atoms with van der Waals surface area (Å²) < 4.78 is 5.08. The highest BCUT2D eigenvalue weighted by atomic mass is 16.6. The van der Waals surface area contributed by atoms with Crippen molar-refractivity contribution in [2.24, 2.45) is 0 Å². The number of carbonyl (C=O) groups is 4. The second-order valence-corrected chi connectivity index (χ2v) is 10.4. The maximum atomic E-state index is 12.7. The van der Waals surface area contributed by atoms with Gasteiger partial charge in [-0.15, -0.1) is 0 Å². The molecule has 5 atom stereocenters. The average molecular weight is 625 g/mol. The monoisotopic (exact) mass is 624 g/mol. The van der Waals surface area contributed by atoms with Crippen LogP contribution in [0.5, 0.6) is 0 Å². The fourth-order valence-electron chi connectivity index (χ4n) is 4.68. The van der Waals surface area contributed by atoms with Gasteiger partial charge in [0.15, 0.2) is 6.29 Å². The summed E-state index contributed by atoms with van der Waals surface area (Å²) in [4.78, 5) is 53.5. The van der Waals surface area contributed by atoms with Gasteiger partial charge in [0.25, 0.3) is 0 Å². The van der Waals surface area contributed by atoms with Crippen molar-refractivity contribution in [2.45, 2.75) is 38.1 Å². The van der Waals surface area contributed by atoms with Gasteiger partial charge in [-0.3, -0.25) is 38.8 Å². The zero-order chi connectivity index (χ0) is 31.2. The second-order valence-electron chi connectivity index (χ2n) is 10.4. The van der Waals surface area contributed by atoms with E-state index in [1.165, 1.54) is 0 Å². The predicted octanol–water partition coefficient (Wildman–Crippen LogP) is -5.40. The van der Waals surface area contributed by atoms with E-state index in [4.69, 9.17) is 4.74 Å². The molecule has 0 aromatic rings. The van der Waals surface area contributed by atoms with Crippen molar-refractivity contribution in [2.75, 3.05) is 98.2 Å². The van der Waals surface area contributed by atoms with E-state index in [0.717, 1.165) is 0 Å². The van der Waals surface area contributed by atoms with Crippen LogP contribution in [0, 0.1) is 0 Å². The van der Waals surface area contributed by atoms with Crippen molar-refractivity contribution in [3.05, 3.63) is 0 Å². The highest BCUT2D eigenvalue weighted by Crippen LogP contribution is 2.19. The Kier molecular flexibility index (Phi) is 17.6. The maximum Gasteiger partial charge on any atom is 0.317 e. The lowest BCUT2D eigenvalue weighted by Gasteiger charge is -2.38. The normalized spacial score (nSPS) is 27.3. The van der Waals surface area contributed by atoms with E-state index in [1.54, 1.807) is 19.6 Å². The van der Waals surface area contributed by atoms with Crippen LogP contribution in [0.3, 0.4) is 0 Å². The van der Waals surface area contributed by atoms with Crippen molar-refractivity contribution >= 4 is 23.8 Å². The van der Waals surface area contributed by atoms with Crippen molar-refractivity contribution in [1.82, 2.24) is 30.2 Å². The molecule has 1 amide bonds. The van der Waals surface area contributed by atoms with Gasteiger partial charge in [0.1, 0.15) is 24.4 Å². The quantitative estimate of drug-likeness (QED) is 0.0866. The summed E-state index contributed by atoms with van der Waals surface area (Å²) in [5.74, 6) is -3.44. The number of aliphatic hydroxyl groups excluding tert-OH is 4. The zero-order valence-electron chi connectivity index (χ0n) is 23.5. The zero-order valence-corrected chi connectivity index (χ0v) is 23.5. The van der Waals surface area contributed by atoms with E-state index >= 15 is 0 Å². The molecule has 2 rings (SSSR count). The Morgan fingerprint density at radius 3 is 1.40 bits per heavy atom. The third kappa shape index (κ3) is 14.7. The Morgan fingerprint density at radius 1 is 0.605 bits per heavy atom. The van der Waals surface area contributed by atoms with Gasteiger partial charge < -0.3 is 51.1 Å². The molecule has 0 saturated carbocycles. The number of amides is 1. The average Bonchev–Trinajstić information content (AvgIpc) is 2.90. The number of rotatable bonds is 13. The lowest BCUT2D eigenvalue weighted by Crippen LogP contribution is -2.59. The highest BCUT2D eigenvalue weighted by Gasteiger charge is 2.42. The minimum absolute atomic E-state index is 0. The number of carboxylic acids is 3. The molecule has 0 spiro atoms. The second kappa shape index (κ2) is 19.7. The standard InChI is InChI=1S/C24H44N6O12.CH4/c31-17(26-2-1-25-11-16-21(38)22(39)23(40)24(41)42-16)12-27-3-5-28(13-18(32)33)7-9-30(15-20(36)37)10-8-29(6-4-27)14-19(34)35;/h16,21-25,38-41H,1-15H2,(H,26,31)(H,32,33)(H,34,35)(H,36,37);1H4/t16?,21-,22+,23?,24-;/m1./s1. The molecule has 2 saturated heterocycles. The van der Waals surface area contributed by atoms with Crippen LogP contribution in [-0.2, 0) is 23.9 Å². The third-order valence-electron chi connectivity index (χ3n) is 7.03. The predicted molar refractivity (Wildman–Crippen MR) is 150 cm³/mol. The van der Waals surface area contributed by atoms with Crippen molar-refractivity contribution in [3.8, 4) is 0 Å². The Hall–Kier alpha value is -2.52. The van der Waals surface area contributed by atoms with Crippen LogP contribution < -0.4 is 10.6 Å². The van der Waals surface area contributed by atoms with Crippen molar-refractivity contribution < 1.29 is 59.7 Å². The number of aliphatic hydroxyl groups is 4. The molecule has 2 fully saturated rings. The third-order valence-corrected chi connectivity index (χ3v) is 7.03. The molecule has 2 aliphatic heterocycles. The molecule has 2 heterocycles. The van der Waals surface area contributed by atoms with Gasteiger partial charge >= 0.3 is 17.9 Å². The van der Waals surface area contributed by atoms with E-state index in [2.05, 4.69) is 10.6 Å². The lowest BCUT2D eigenvalue weighted by atomic mass is 9.99. The number of carboxylic acid groups (broad SMARTS) is 3. The number of hydrogen-bond acceptors (Lipinski definition) is 14. The maximum absolute atomic E-state index is 12.7. The molecule has 9 N–H and O–H groups in total. The molecule has 2 aliphatic rings. The molecule has 0 bridgehead atoms. The van der Waals surface area contributed by atoms with E-state index < -0.39 is 48.6 Å². The summed E-state index contributed by atoms with van der Waals surface area (Å²) in [6, 6.07) is 0. The summed E-state index contributed by atoms with van der Waals surface area (Å²) in [7, 11) is 0. The number of hydrogen-bond donors (Lipinski definition) is 9. The summed E-state index contributed by atoms with van der Waals surface area (Å²) in [6.45, 7) is 1.97. The first-order valence-electron chi connectivity index (χ1n) is 13.8. The number of nitrogens with zero attached hydrogens (tertiary/aromatic N) is 4. The van der Waals surface area contributed by atoms with Crippen LogP contribution >= 0.6 is 0 Å². The van der Waals surface area contributed by atoms with Crippen LogP contribution in [0.4, 0.5) is 0 Å².